The molecule has 0 radical (unpaired) electrons. The summed E-state index contributed by atoms with van der Waals surface area (Å²) in [6.45, 7) is 36.9. The quantitative estimate of drug-likeness (QED) is 0.230. The maximum atomic E-state index is 4.24. The van der Waals surface area contributed by atoms with E-state index in [1.807, 2.05) is 18.5 Å². The first kappa shape index (κ1) is 42.0. The van der Waals surface area contributed by atoms with Crippen LogP contribution in [0.25, 0.3) is 0 Å². The van der Waals surface area contributed by atoms with Gasteiger partial charge >= 0.3 is 0 Å². The lowest BCUT2D eigenvalue weighted by molar-refractivity contribution is 0.138. The fourth-order valence-electron chi connectivity index (χ4n) is 6.97. The third-order valence-corrected chi connectivity index (χ3v) is 10.2. The minimum absolute atomic E-state index is 0.649. The Kier molecular flexibility index (Phi) is 22.6. The first-order valence-electron chi connectivity index (χ1n) is 19.6. The van der Waals surface area contributed by atoms with Crippen LogP contribution in [0.5, 0.6) is 0 Å². The summed E-state index contributed by atoms with van der Waals surface area (Å²) in [5.74, 6) is 5.31. The van der Waals surface area contributed by atoms with E-state index in [1.165, 1.54) is 104 Å². The molecule has 266 valence electrons. The van der Waals surface area contributed by atoms with Gasteiger partial charge in [0.1, 0.15) is 0 Å². The number of rotatable bonds is 12. The molecule has 0 N–H and O–H groups in total. The molecule has 3 fully saturated rings. The van der Waals surface area contributed by atoms with Gasteiger partial charge in [-0.3, -0.25) is 4.90 Å². The van der Waals surface area contributed by atoms with Gasteiger partial charge < -0.3 is 9.80 Å². The fourth-order valence-corrected chi connectivity index (χ4v) is 6.97. The lowest BCUT2D eigenvalue weighted by atomic mass is 9.92. The molecule has 0 aliphatic carbocycles. The zero-order valence-corrected chi connectivity index (χ0v) is 32.5. The Bertz CT molecular complexity index is 802. The van der Waals surface area contributed by atoms with Crippen LogP contribution in [0.2, 0.25) is 0 Å². The SMILES string of the molecule is CC.CC(C)C1CCN(CCC2CCN(C(C)C)CC2)C1.CCC1CCN(Cn2cc(CC(C)C)nn2)CC1.CCCC(C)C. The van der Waals surface area contributed by atoms with E-state index in [1.54, 1.807) is 0 Å². The van der Waals surface area contributed by atoms with Gasteiger partial charge in [-0.2, -0.15) is 0 Å². The smallest absolute Gasteiger partial charge is 0.0946 e. The molecule has 3 aliphatic heterocycles. The molecule has 0 bridgehead atoms. The largest absolute Gasteiger partial charge is 0.303 e. The van der Waals surface area contributed by atoms with Crippen molar-refractivity contribution in [1.82, 2.24) is 29.7 Å². The second-order valence-electron chi connectivity index (χ2n) is 15.6. The van der Waals surface area contributed by atoms with Crippen LogP contribution in [-0.4, -0.2) is 81.5 Å². The van der Waals surface area contributed by atoms with E-state index in [4.69, 9.17) is 0 Å². The number of piperidine rings is 2. The fraction of sp³-hybridized carbons (Fsp3) is 0.949. The van der Waals surface area contributed by atoms with Crippen LogP contribution in [0.15, 0.2) is 6.20 Å². The van der Waals surface area contributed by atoms with E-state index in [0.29, 0.717) is 5.92 Å². The van der Waals surface area contributed by atoms with Crippen LogP contribution in [0.1, 0.15) is 147 Å². The molecule has 1 atom stereocenters. The summed E-state index contributed by atoms with van der Waals surface area (Å²) in [7, 11) is 0. The average molecular weight is 633 g/mol. The number of nitrogens with zero attached hydrogens (tertiary/aromatic N) is 6. The molecule has 0 aromatic carbocycles. The summed E-state index contributed by atoms with van der Waals surface area (Å²) in [5.41, 5.74) is 1.12. The molecule has 0 saturated carbocycles. The van der Waals surface area contributed by atoms with Gasteiger partial charge in [0.2, 0.25) is 0 Å². The van der Waals surface area contributed by atoms with Gasteiger partial charge in [-0.05, 0) is 120 Å². The molecule has 3 saturated heterocycles. The molecule has 6 nitrogen and oxygen atoms in total. The van der Waals surface area contributed by atoms with Gasteiger partial charge in [0.05, 0.1) is 12.4 Å². The van der Waals surface area contributed by atoms with Gasteiger partial charge in [-0.25, -0.2) is 4.68 Å². The highest BCUT2D eigenvalue weighted by Gasteiger charge is 2.26. The molecule has 0 amide bonds. The van der Waals surface area contributed by atoms with Crippen molar-refractivity contribution in [3.05, 3.63) is 11.9 Å². The Morgan fingerprint density at radius 3 is 1.82 bits per heavy atom. The molecule has 0 spiro atoms. The average Bonchev–Trinajstić information content (AvgIpc) is 3.68. The number of hydrogen-bond donors (Lipinski definition) is 0. The summed E-state index contributed by atoms with van der Waals surface area (Å²) in [4.78, 5) is 7.85. The van der Waals surface area contributed by atoms with Crippen LogP contribution in [0.3, 0.4) is 0 Å². The highest BCUT2D eigenvalue weighted by Crippen LogP contribution is 2.26. The van der Waals surface area contributed by atoms with Crippen LogP contribution in [0, 0.1) is 35.5 Å². The van der Waals surface area contributed by atoms with E-state index in [2.05, 4.69) is 100 Å². The summed E-state index contributed by atoms with van der Waals surface area (Å²) in [6.07, 6.45) is 15.6. The predicted molar refractivity (Wildman–Crippen MR) is 198 cm³/mol. The minimum atomic E-state index is 0.649. The lowest BCUT2D eigenvalue weighted by Crippen LogP contribution is -2.39. The van der Waals surface area contributed by atoms with Crippen molar-refractivity contribution in [1.29, 1.82) is 0 Å². The highest BCUT2D eigenvalue weighted by molar-refractivity contribution is 4.93. The molecule has 45 heavy (non-hydrogen) atoms. The monoisotopic (exact) mass is 633 g/mol. The van der Waals surface area contributed by atoms with Gasteiger partial charge in [0.15, 0.2) is 0 Å². The van der Waals surface area contributed by atoms with Gasteiger partial charge in [0, 0.05) is 31.9 Å². The van der Waals surface area contributed by atoms with E-state index < -0.39 is 0 Å². The summed E-state index contributed by atoms with van der Waals surface area (Å²) in [6, 6.07) is 0.742. The molecule has 4 heterocycles. The zero-order valence-electron chi connectivity index (χ0n) is 32.5. The van der Waals surface area contributed by atoms with Crippen molar-refractivity contribution in [3.8, 4) is 0 Å². The van der Waals surface area contributed by atoms with Crippen molar-refractivity contribution in [2.75, 3.05) is 45.8 Å². The molecule has 1 aromatic rings. The Balaban J connectivity index is 0.000000365. The lowest BCUT2D eigenvalue weighted by Gasteiger charge is -2.35. The van der Waals surface area contributed by atoms with Crippen molar-refractivity contribution < 1.29 is 0 Å². The van der Waals surface area contributed by atoms with Crippen molar-refractivity contribution in [2.24, 2.45) is 35.5 Å². The molecule has 4 rings (SSSR count). The maximum Gasteiger partial charge on any atom is 0.0946 e. The molecule has 1 unspecified atom stereocenters. The predicted octanol–water partition coefficient (Wildman–Crippen LogP) is 9.50. The third-order valence-electron chi connectivity index (χ3n) is 10.2. The van der Waals surface area contributed by atoms with Crippen LogP contribution < -0.4 is 0 Å². The Labute approximate surface area is 282 Å². The van der Waals surface area contributed by atoms with E-state index in [0.717, 1.165) is 54.4 Å². The number of hydrogen-bond acceptors (Lipinski definition) is 5. The Hall–Kier alpha value is -0.980. The van der Waals surface area contributed by atoms with E-state index in [9.17, 15) is 0 Å². The molecule has 3 aliphatic rings. The second-order valence-corrected chi connectivity index (χ2v) is 15.6. The second kappa shape index (κ2) is 24.2. The molecular weight excluding hydrogens is 552 g/mol. The van der Waals surface area contributed by atoms with Crippen LogP contribution >= 0.6 is 0 Å². The van der Waals surface area contributed by atoms with Gasteiger partial charge in [-0.15, -0.1) is 5.10 Å². The summed E-state index contributed by atoms with van der Waals surface area (Å²) < 4.78 is 1.99. The van der Waals surface area contributed by atoms with Gasteiger partial charge in [0.25, 0.3) is 0 Å². The highest BCUT2D eigenvalue weighted by atomic mass is 15.5. The minimum Gasteiger partial charge on any atom is -0.303 e. The Morgan fingerprint density at radius 2 is 1.36 bits per heavy atom. The zero-order chi connectivity index (χ0) is 33.8. The van der Waals surface area contributed by atoms with Crippen molar-refractivity contribution in [2.45, 2.75) is 160 Å². The van der Waals surface area contributed by atoms with Crippen LogP contribution in [0.4, 0.5) is 0 Å². The van der Waals surface area contributed by atoms with Crippen molar-refractivity contribution >= 4 is 0 Å². The van der Waals surface area contributed by atoms with E-state index in [-0.39, 0.29) is 0 Å². The molecular formula is C39H80N6. The third kappa shape index (κ3) is 18.2. The first-order chi connectivity index (χ1) is 21.5. The number of likely N-dealkylation sites (tertiary alicyclic amines) is 3. The van der Waals surface area contributed by atoms with Crippen LogP contribution in [-0.2, 0) is 13.1 Å². The summed E-state index contributed by atoms with van der Waals surface area (Å²) in [5, 5.41) is 8.47. The number of aromatic nitrogens is 3. The Morgan fingerprint density at radius 1 is 0.756 bits per heavy atom. The topological polar surface area (TPSA) is 40.4 Å². The van der Waals surface area contributed by atoms with E-state index >= 15 is 0 Å². The molecule has 6 heteroatoms. The maximum absolute atomic E-state index is 4.24. The van der Waals surface area contributed by atoms with Gasteiger partial charge in [-0.1, -0.05) is 93.7 Å². The van der Waals surface area contributed by atoms with Crippen molar-refractivity contribution in [3.63, 3.8) is 0 Å². The standard InChI is InChI=1S/C17H34N2.C14H26N4.C6H14.C2H6/c1-14(2)17-8-10-18(13-17)9-5-16-6-11-19(12-7-16)15(3)4;1-4-13-5-7-17(8-6-13)11-18-10-14(15-16-18)9-12(2)3;1-4-5-6(2)3;1-2/h14-17H,5-13H2,1-4H3;10,12-13H,4-9,11H2,1-3H3;6H,4-5H2,1-3H3;1-2H3. The molecule has 1 aromatic heterocycles. The summed E-state index contributed by atoms with van der Waals surface area (Å²) >= 11 is 0. The first-order valence-corrected chi connectivity index (χ1v) is 19.6. The normalized spacial score (nSPS) is 20.7.